The molecule has 6 aromatic carbocycles. The van der Waals surface area contributed by atoms with Gasteiger partial charge in [-0.1, -0.05) is 134 Å². The summed E-state index contributed by atoms with van der Waals surface area (Å²) in [5.74, 6) is 0. The molecule has 0 bridgehead atoms. The fourth-order valence-electron chi connectivity index (χ4n) is 5.57. The first kappa shape index (κ1) is 38.6. The Hall–Kier alpha value is -4.58. The zero-order chi connectivity index (χ0) is 36.1. The summed E-state index contributed by atoms with van der Waals surface area (Å²) < 4.78 is 0. The van der Waals surface area contributed by atoms with Gasteiger partial charge in [-0.25, -0.2) is 11.1 Å². The van der Waals surface area contributed by atoms with Crippen molar-refractivity contribution in [2.75, 3.05) is 0 Å². The van der Waals surface area contributed by atoms with Crippen LogP contribution in [0.4, 0.5) is 0 Å². The third-order valence-corrected chi connectivity index (χ3v) is 13.3. The van der Waals surface area contributed by atoms with Crippen molar-refractivity contribution < 1.29 is 17.9 Å². The van der Waals surface area contributed by atoms with Gasteiger partial charge in [-0.05, 0) is 72.8 Å². The van der Waals surface area contributed by atoms with E-state index in [1.807, 2.05) is 0 Å². The van der Waals surface area contributed by atoms with Crippen molar-refractivity contribution in [2.24, 2.45) is 0 Å². The second kappa shape index (κ2) is 22.4. The summed E-state index contributed by atoms with van der Waals surface area (Å²) in [6, 6.07) is 74.6. The number of hydrogen-bond acceptors (Lipinski definition) is 2. The van der Waals surface area contributed by atoms with E-state index in [1.165, 1.54) is 49.7 Å². The molecule has 6 heteroatoms. The van der Waals surface area contributed by atoms with Crippen molar-refractivity contribution in [2.45, 2.75) is 0 Å². The van der Waals surface area contributed by atoms with Crippen molar-refractivity contribution in [3.63, 3.8) is 0 Å². The van der Waals surface area contributed by atoms with Crippen LogP contribution in [0.1, 0.15) is 0 Å². The summed E-state index contributed by atoms with van der Waals surface area (Å²) in [5, 5.41) is 8.61. The molecule has 2 nitrogen and oxygen atoms in total. The van der Waals surface area contributed by atoms with Crippen LogP contribution in [0.2, 0.25) is 0 Å². The average Bonchev–Trinajstić information content (AvgIpc) is 3.25. The van der Waals surface area contributed by atoms with Crippen molar-refractivity contribution >= 4 is 57.3 Å². The van der Waals surface area contributed by atoms with Crippen molar-refractivity contribution in [1.29, 1.82) is 0 Å². The van der Waals surface area contributed by atoms with E-state index in [1.54, 1.807) is 36.9 Å². The van der Waals surface area contributed by atoms with Gasteiger partial charge in [0.15, 0.2) is 0 Å². The topological polar surface area (TPSA) is 25.8 Å². The first-order chi connectivity index (χ1) is 25.9. The van der Waals surface area contributed by atoms with E-state index in [4.69, 9.17) is 0 Å². The van der Waals surface area contributed by atoms with Crippen LogP contribution in [0.25, 0.3) is 11.1 Å². The van der Waals surface area contributed by atoms with E-state index in [0.29, 0.717) is 0 Å². The number of pyridine rings is 2. The number of nitrogens with zero attached hydrogens (tertiary/aromatic N) is 2. The Bertz CT molecular complexity index is 1740. The van der Waals surface area contributed by atoms with Crippen LogP contribution in [0.3, 0.4) is 0 Å². The Kier molecular flexibility index (Phi) is 16.6. The van der Waals surface area contributed by atoms with Gasteiger partial charge in [0.2, 0.25) is 0 Å². The molecule has 0 unspecified atom stereocenters. The molecule has 0 radical (unpaired) electrons. The molecule has 0 amide bonds. The minimum Gasteiger partial charge on any atom is -0.370 e. The predicted octanol–water partition coefficient (Wildman–Crippen LogP) is 8.79. The molecule has 52 heavy (non-hydrogen) atoms. The maximum absolute atomic E-state index is 4.64. The minimum atomic E-state index is -0.877. The smallest absolute Gasteiger partial charge is 0.102 e. The molecule has 8 aromatic rings. The van der Waals surface area contributed by atoms with E-state index >= 15 is 0 Å². The van der Waals surface area contributed by atoms with Gasteiger partial charge in [0.1, 0.15) is 31.8 Å². The SMILES string of the molecule is [Cl][Ir+2].[c-]1ccncc1-c1[c-]ccnc1.c1ccc([PH+](c2ccccc2)c2ccccc2)cc1.c1ccc([PH+](c2ccccc2)c2ccccc2)cc1. The van der Waals surface area contributed by atoms with Crippen LogP contribution in [0.15, 0.2) is 219 Å². The molecular formula is C46H38ClIrN2P2+2. The summed E-state index contributed by atoms with van der Waals surface area (Å²) in [4.78, 5) is 7.96. The monoisotopic (exact) mass is 908 g/mol. The Labute approximate surface area is 325 Å². The largest absolute Gasteiger partial charge is 0.370 e. The molecule has 0 saturated carbocycles. The Balaban J connectivity index is 0.000000151. The summed E-state index contributed by atoms with van der Waals surface area (Å²) in [5.41, 5.74) is 1.84. The summed E-state index contributed by atoms with van der Waals surface area (Å²) in [7, 11) is 2.88. The van der Waals surface area contributed by atoms with Crippen LogP contribution in [0.5, 0.6) is 0 Å². The van der Waals surface area contributed by atoms with Crippen molar-refractivity contribution in [3.8, 4) is 11.1 Å². The Morgan fingerprint density at radius 2 is 0.558 bits per heavy atom. The molecule has 8 rings (SSSR count). The third-order valence-electron chi connectivity index (χ3n) is 7.87. The van der Waals surface area contributed by atoms with Gasteiger partial charge in [-0.2, -0.15) is 12.1 Å². The fourth-order valence-corrected chi connectivity index (χ4v) is 10.7. The summed E-state index contributed by atoms with van der Waals surface area (Å²) in [6.45, 7) is 0. The molecule has 0 spiro atoms. The maximum Gasteiger partial charge on any atom is 0.102 e. The number of aromatic nitrogens is 2. The van der Waals surface area contributed by atoms with E-state index in [0.717, 1.165) is 11.1 Å². The molecule has 0 aliphatic carbocycles. The normalized spacial score (nSPS) is 10.1. The molecule has 0 aliphatic heterocycles. The predicted molar refractivity (Wildman–Crippen MR) is 224 cm³/mol. The third kappa shape index (κ3) is 11.7. The molecule has 0 fully saturated rings. The van der Waals surface area contributed by atoms with Gasteiger partial charge in [0.05, 0.1) is 15.8 Å². The number of benzene rings is 6. The summed E-state index contributed by atoms with van der Waals surface area (Å²) in [6.07, 6.45) is 6.88. The average molecular weight is 908 g/mol. The van der Waals surface area contributed by atoms with Gasteiger partial charge in [0.25, 0.3) is 0 Å². The van der Waals surface area contributed by atoms with Crippen molar-refractivity contribution in [3.05, 3.63) is 231 Å². The summed E-state index contributed by atoms with van der Waals surface area (Å²) >= 11 is 1.47. The van der Waals surface area contributed by atoms with E-state index < -0.39 is 15.8 Å². The van der Waals surface area contributed by atoms with Crippen LogP contribution >= 0.6 is 25.4 Å². The van der Waals surface area contributed by atoms with Gasteiger partial charge in [0, 0.05) is 0 Å². The molecule has 2 heterocycles. The van der Waals surface area contributed by atoms with Gasteiger partial charge < -0.3 is 9.97 Å². The first-order valence-electron chi connectivity index (χ1n) is 16.7. The Morgan fingerprint density at radius 1 is 0.346 bits per heavy atom. The molecule has 256 valence electrons. The molecule has 0 saturated heterocycles. The van der Waals surface area contributed by atoms with Crippen LogP contribution < -0.4 is 31.8 Å². The molecular weight excluding hydrogens is 870 g/mol. The number of rotatable bonds is 7. The van der Waals surface area contributed by atoms with Crippen LogP contribution in [0, 0.1) is 12.1 Å². The van der Waals surface area contributed by atoms with Gasteiger partial charge in [-0.3, -0.25) is 0 Å². The zero-order valence-corrected chi connectivity index (χ0v) is 33.5. The zero-order valence-electron chi connectivity index (χ0n) is 28.4. The number of hydrogen-bond donors (Lipinski definition) is 0. The molecule has 0 aliphatic rings. The Morgan fingerprint density at radius 3 is 0.731 bits per heavy atom. The molecule has 2 aromatic heterocycles. The standard InChI is InChI=1S/2C18H15P.C10H6N2.ClH.Ir/c2*1-4-10-16(11-5-1)19(17-12-6-2-7-13-17)18-14-8-3-9-15-18;1-3-9(7-11-5-1)10-4-2-6-12-8-10;;/h2*1-15H;1-2,5-8H;1H;/q;;-2;;+3/p+1. The van der Waals surface area contributed by atoms with Gasteiger partial charge in [-0.15, -0.1) is 12.1 Å². The van der Waals surface area contributed by atoms with Crippen molar-refractivity contribution in [1.82, 2.24) is 9.97 Å². The molecule has 0 N–H and O–H groups in total. The van der Waals surface area contributed by atoms with E-state index in [9.17, 15) is 0 Å². The minimum absolute atomic E-state index is 0.877. The van der Waals surface area contributed by atoms with Crippen LogP contribution in [-0.4, -0.2) is 9.97 Å². The van der Waals surface area contributed by atoms with E-state index in [2.05, 4.69) is 214 Å². The van der Waals surface area contributed by atoms with E-state index in [-0.39, 0.29) is 0 Å². The maximum atomic E-state index is 4.64. The second-order valence-corrected chi connectivity index (χ2v) is 16.2. The fraction of sp³-hybridized carbons (Fsp3) is 0. The second-order valence-electron chi connectivity index (χ2n) is 11.2. The van der Waals surface area contributed by atoms with Crippen LogP contribution in [-0.2, 0) is 17.9 Å². The molecule has 0 atom stereocenters. The quantitative estimate of drug-likeness (QED) is 0.118. The number of halogens is 1. The van der Waals surface area contributed by atoms with Gasteiger partial charge >= 0.3 is 27.5 Å². The first-order valence-corrected chi connectivity index (χ1v) is 22.7.